The first-order valence-corrected chi connectivity index (χ1v) is 7.60. The second-order valence-corrected chi connectivity index (χ2v) is 5.73. The molecule has 1 aliphatic heterocycles. The van der Waals surface area contributed by atoms with Crippen molar-refractivity contribution in [1.29, 1.82) is 0 Å². The quantitative estimate of drug-likeness (QED) is 0.926. The molecule has 0 unspecified atom stereocenters. The van der Waals surface area contributed by atoms with Crippen LogP contribution in [-0.4, -0.2) is 24.3 Å². The Kier molecular flexibility index (Phi) is 3.29. The number of hydrogen-bond donors (Lipinski definition) is 1. The van der Waals surface area contributed by atoms with Crippen LogP contribution >= 0.6 is 0 Å². The van der Waals surface area contributed by atoms with Crippen LogP contribution in [0.15, 0.2) is 42.5 Å². The van der Waals surface area contributed by atoms with Gasteiger partial charge in [-0.05, 0) is 16.7 Å². The van der Waals surface area contributed by atoms with Gasteiger partial charge in [0.25, 0.3) is 0 Å². The lowest BCUT2D eigenvalue weighted by Gasteiger charge is -2.30. The predicted octanol–water partition coefficient (Wildman–Crippen LogP) is 3.05. The molecule has 1 saturated heterocycles. The van der Waals surface area contributed by atoms with Gasteiger partial charge in [0, 0.05) is 11.1 Å². The average molecular weight is 308 g/mol. The Labute approximate surface area is 134 Å². The van der Waals surface area contributed by atoms with Crippen molar-refractivity contribution < 1.29 is 19.4 Å². The van der Waals surface area contributed by atoms with E-state index in [0.717, 1.165) is 27.8 Å². The van der Waals surface area contributed by atoms with Gasteiger partial charge in [-0.3, -0.25) is 4.79 Å². The maximum absolute atomic E-state index is 11.0. The van der Waals surface area contributed by atoms with Crippen molar-refractivity contribution in [3.8, 4) is 0 Å². The molecule has 4 nitrogen and oxygen atoms in total. The van der Waals surface area contributed by atoms with Crippen LogP contribution < -0.4 is 0 Å². The summed E-state index contributed by atoms with van der Waals surface area (Å²) in [5.41, 5.74) is 4.65. The van der Waals surface area contributed by atoms with Crippen molar-refractivity contribution in [2.45, 2.75) is 12.2 Å². The first kappa shape index (κ1) is 14.2. The lowest BCUT2D eigenvalue weighted by atomic mass is 9.91. The maximum atomic E-state index is 11.0. The number of carboxylic acids is 1. The molecule has 1 heterocycles. The van der Waals surface area contributed by atoms with Crippen LogP contribution in [0.2, 0.25) is 0 Å². The van der Waals surface area contributed by atoms with Crippen LogP contribution in [0.1, 0.15) is 27.8 Å². The highest BCUT2D eigenvalue weighted by Crippen LogP contribution is 2.44. The summed E-state index contributed by atoms with van der Waals surface area (Å²) >= 11 is 0. The minimum atomic E-state index is -0.906. The fraction of sp³-hybridized carbons (Fsp3) is 0.211. The van der Waals surface area contributed by atoms with E-state index in [-0.39, 0.29) is 6.42 Å². The molecule has 1 spiro atoms. The van der Waals surface area contributed by atoms with Crippen LogP contribution in [0.4, 0.5) is 0 Å². The number of rotatable bonds is 2. The first-order valence-electron chi connectivity index (χ1n) is 7.60. The molecule has 4 heteroatoms. The number of carboxylic acid groups (broad SMARTS) is 1. The van der Waals surface area contributed by atoms with Crippen molar-refractivity contribution in [1.82, 2.24) is 0 Å². The third kappa shape index (κ3) is 2.27. The summed E-state index contributed by atoms with van der Waals surface area (Å²) in [6, 6.07) is 13.7. The average Bonchev–Trinajstić information content (AvgIpc) is 2.98. The van der Waals surface area contributed by atoms with Gasteiger partial charge in [0.05, 0.1) is 19.6 Å². The number of fused-ring (bicyclic) bond motifs is 4. The fourth-order valence-corrected chi connectivity index (χ4v) is 3.32. The van der Waals surface area contributed by atoms with E-state index in [9.17, 15) is 4.79 Å². The Balaban J connectivity index is 1.92. The van der Waals surface area contributed by atoms with Crippen molar-refractivity contribution in [2.24, 2.45) is 0 Å². The van der Waals surface area contributed by atoms with Crippen molar-refractivity contribution in [3.05, 3.63) is 70.3 Å². The molecule has 1 fully saturated rings. The van der Waals surface area contributed by atoms with E-state index in [4.69, 9.17) is 14.6 Å². The molecule has 0 saturated carbocycles. The number of hydrogen-bond acceptors (Lipinski definition) is 3. The van der Waals surface area contributed by atoms with E-state index in [1.54, 1.807) is 0 Å². The Morgan fingerprint density at radius 2 is 1.70 bits per heavy atom. The number of ether oxygens (including phenoxy) is 2. The first-order chi connectivity index (χ1) is 11.2. The molecular formula is C19H16O4. The van der Waals surface area contributed by atoms with Gasteiger partial charge < -0.3 is 14.6 Å². The number of aliphatic carboxylic acids is 1. The van der Waals surface area contributed by atoms with Gasteiger partial charge in [0.2, 0.25) is 5.79 Å². The Morgan fingerprint density at radius 1 is 1.00 bits per heavy atom. The van der Waals surface area contributed by atoms with Crippen LogP contribution in [0.3, 0.4) is 0 Å². The highest BCUT2D eigenvalue weighted by atomic mass is 16.7. The Hall–Kier alpha value is -2.43. The second kappa shape index (κ2) is 5.33. The van der Waals surface area contributed by atoms with E-state index in [0.29, 0.717) is 13.2 Å². The lowest BCUT2D eigenvalue weighted by Crippen LogP contribution is -2.30. The maximum Gasteiger partial charge on any atom is 0.307 e. The Morgan fingerprint density at radius 3 is 2.48 bits per heavy atom. The van der Waals surface area contributed by atoms with Crippen molar-refractivity contribution >= 4 is 18.1 Å². The second-order valence-electron chi connectivity index (χ2n) is 5.73. The minimum Gasteiger partial charge on any atom is -0.481 e. The smallest absolute Gasteiger partial charge is 0.307 e. The zero-order valence-electron chi connectivity index (χ0n) is 12.5. The topological polar surface area (TPSA) is 55.8 Å². The third-order valence-corrected chi connectivity index (χ3v) is 4.28. The van der Waals surface area contributed by atoms with E-state index in [1.807, 2.05) is 54.6 Å². The van der Waals surface area contributed by atoms with Gasteiger partial charge in [0.1, 0.15) is 0 Å². The fourth-order valence-electron chi connectivity index (χ4n) is 3.32. The van der Waals surface area contributed by atoms with Gasteiger partial charge in [-0.2, -0.15) is 0 Å². The predicted molar refractivity (Wildman–Crippen MR) is 85.8 cm³/mol. The normalized spacial score (nSPS) is 17.6. The molecule has 2 aromatic carbocycles. The molecule has 1 aliphatic carbocycles. The molecule has 0 aromatic heterocycles. The zero-order chi connectivity index (χ0) is 15.9. The molecule has 0 bridgehead atoms. The van der Waals surface area contributed by atoms with Gasteiger partial charge in [-0.15, -0.1) is 0 Å². The summed E-state index contributed by atoms with van der Waals surface area (Å²) in [6.07, 6.45) is 4.03. The summed E-state index contributed by atoms with van der Waals surface area (Å²) in [6.45, 7) is 1.06. The number of carbonyl (C=O) groups is 1. The SMILES string of the molecule is O=C(O)Cc1ccc2c(c1)C=Cc1ccccc1C21OCCO1. The molecule has 2 aliphatic rings. The monoisotopic (exact) mass is 308 g/mol. The van der Waals surface area contributed by atoms with E-state index in [2.05, 4.69) is 0 Å². The molecule has 23 heavy (non-hydrogen) atoms. The summed E-state index contributed by atoms with van der Waals surface area (Å²) in [5, 5.41) is 9.01. The van der Waals surface area contributed by atoms with Crippen LogP contribution in [-0.2, 0) is 26.5 Å². The molecule has 2 aromatic rings. The van der Waals surface area contributed by atoms with E-state index < -0.39 is 11.8 Å². The molecular weight excluding hydrogens is 292 g/mol. The minimum absolute atomic E-state index is 0.00276. The summed E-state index contributed by atoms with van der Waals surface area (Å²) in [4.78, 5) is 11.0. The third-order valence-electron chi connectivity index (χ3n) is 4.28. The highest BCUT2D eigenvalue weighted by Gasteiger charge is 2.43. The zero-order valence-corrected chi connectivity index (χ0v) is 12.5. The molecule has 0 atom stereocenters. The lowest BCUT2D eigenvalue weighted by molar-refractivity contribution is -0.136. The van der Waals surface area contributed by atoms with Gasteiger partial charge in [-0.25, -0.2) is 0 Å². The molecule has 4 rings (SSSR count). The van der Waals surface area contributed by atoms with E-state index >= 15 is 0 Å². The summed E-state index contributed by atoms with van der Waals surface area (Å²) in [5.74, 6) is -1.74. The van der Waals surface area contributed by atoms with Crippen LogP contribution in [0.25, 0.3) is 12.2 Å². The van der Waals surface area contributed by atoms with Gasteiger partial charge in [-0.1, -0.05) is 54.6 Å². The molecule has 1 N–H and O–H groups in total. The number of benzene rings is 2. The van der Waals surface area contributed by atoms with E-state index in [1.165, 1.54) is 0 Å². The largest absolute Gasteiger partial charge is 0.481 e. The highest BCUT2D eigenvalue weighted by molar-refractivity contribution is 5.78. The van der Waals surface area contributed by atoms with Gasteiger partial charge >= 0.3 is 5.97 Å². The van der Waals surface area contributed by atoms with Crippen LogP contribution in [0.5, 0.6) is 0 Å². The van der Waals surface area contributed by atoms with Crippen molar-refractivity contribution in [2.75, 3.05) is 13.2 Å². The standard InChI is InChI=1S/C19H16O4/c20-18(21)12-13-5-8-17-15(11-13)7-6-14-3-1-2-4-16(14)19(17)22-9-10-23-19/h1-8,11H,9-10,12H2,(H,20,21). The molecule has 116 valence electrons. The van der Waals surface area contributed by atoms with Crippen LogP contribution in [0, 0.1) is 0 Å². The van der Waals surface area contributed by atoms with Gasteiger partial charge in [0.15, 0.2) is 0 Å². The summed E-state index contributed by atoms with van der Waals surface area (Å²) < 4.78 is 12.1. The van der Waals surface area contributed by atoms with Crippen molar-refractivity contribution in [3.63, 3.8) is 0 Å². The summed E-state index contributed by atoms with van der Waals surface area (Å²) in [7, 11) is 0. The molecule has 0 radical (unpaired) electrons. The Bertz CT molecular complexity index is 801. The molecule has 0 amide bonds.